The first kappa shape index (κ1) is 20.6. The number of ether oxygens (including phenoxy) is 1. The van der Waals surface area contributed by atoms with Crippen LogP contribution in [0.25, 0.3) is 11.3 Å². The number of alkyl halides is 3. The molecule has 0 bridgehead atoms. The Morgan fingerprint density at radius 1 is 1.27 bits per heavy atom. The van der Waals surface area contributed by atoms with Gasteiger partial charge in [0.05, 0.1) is 27.9 Å². The highest BCUT2D eigenvalue weighted by molar-refractivity contribution is 7.98. The van der Waals surface area contributed by atoms with Gasteiger partial charge in [-0.25, -0.2) is 9.18 Å². The Bertz CT molecular complexity index is 834. The van der Waals surface area contributed by atoms with E-state index in [-0.39, 0.29) is 32.8 Å². The van der Waals surface area contributed by atoms with E-state index >= 15 is 0 Å². The molecule has 2 rings (SSSR count). The first-order valence-electron chi connectivity index (χ1n) is 6.95. The van der Waals surface area contributed by atoms with Crippen molar-refractivity contribution >= 4 is 41.2 Å². The summed E-state index contributed by atoms with van der Waals surface area (Å²) >= 11 is 12.5. The Morgan fingerprint density at radius 2 is 1.96 bits per heavy atom. The molecule has 0 aliphatic carbocycles. The van der Waals surface area contributed by atoms with E-state index in [4.69, 9.17) is 23.2 Å². The van der Waals surface area contributed by atoms with Crippen molar-refractivity contribution in [3.63, 3.8) is 0 Å². The number of pyridine rings is 1. The molecule has 0 radical (unpaired) electrons. The topological polar surface area (TPSA) is 51.2 Å². The minimum atomic E-state index is -4.63. The predicted molar refractivity (Wildman–Crippen MR) is 90.7 cm³/mol. The average molecular weight is 429 g/mol. The van der Waals surface area contributed by atoms with E-state index < -0.39 is 23.7 Å². The fourth-order valence-electron chi connectivity index (χ4n) is 1.84. The summed E-state index contributed by atoms with van der Waals surface area (Å²) < 4.78 is 59.3. The molecule has 0 saturated heterocycles. The molecular weight excluding hydrogens is 419 g/mol. The third-order valence-electron chi connectivity index (χ3n) is 2.96. The number of nitrogens with one attached hydrogen (secondary N) is 1. The Balaban J connectivity index is 2.38. The van der Waals surface area contributed by atoms with E-state index in [1.165, 1.54) is 6.07 Å². The Kier molecular flexibility index (Phi) is 6.59. The minimum Gasteiger partial charge on any atom is -0.449 e. The van der Waals surface area contributed by atoms with Crippen LogP contribution in [0.5, 0.6) is 0 Å². The van der Waals surface area contributed by atoms with Crippen molar-refractivity contribution in [3.8, 4) is 11.3 Å². The standard InChI is InChI=1S/C15H10Cl2F4N2O2S/c1-2-25-14(24)23-26-12-4-8(11(18)5-9(12)16)13-10(17)3-7(6-22-13)15(19,20)21/h3-6H,2H2,1H3,(H,23,24). The van der Waals surface area contributed by atoms with Crippen molar-refractivity contribution in [2.24, 2.45) is 0 Å². The average Bonchev–Trinajstić information content (AvgIpc) is 2.54. The van der Waals surface area contributed by atoms with Gasteiger partial charge in [0.15, 0.2) is 0 Å². The first-order chi connectivity index (χ1) is 12.1. The SMILES string of the molecule is CCOC(=O)NSc1cc(-c2ncc(C(F)(F)F)cc2Cl)c(F)cc1Cl. The number of carbonyl (C=O) groups excluding carboxylic acids is 1. The summed E-state index contributed by atoms with van der Waals surface area (Å²) in [6.45, 7) is 1.77. The highest BCUT2D eigenvalue weighted by Gasteiger charge is 2.32. The van der Waals surface area contributed by atoms with Gasteiger partial charge in [-0.1, -0.05) is 23.2 Å². The van der Waals surface area contributed by atoms with Crippen molar-refractivity contribution in [3.05, 3.63) is 45.8 Å². The van der Waals surface area contributed by atoms with E-state index in [2.05, 4.69) is 14.4 Å². The maximum absolute atomic E-state index is 14.2. The largest absolute Gasteiger partial charge is 0.449 e. The van der Waals surface area contributed by atoms with Crippen molar-refractivity contribution < 1.29 is 27.1 Å². The summed E-state index contributed by atoms with van der Waals surface area (Å²) in [5.41, 5.74) is -1.41. The molecule has 140 valence electrons. The number of benzene rings is 1. The van der Waals surface area contributed by atoms with Crippen molar-refractivity contribution in [2.75, 3.05) is 6.61 Å². The van der Waals surface area contributed by atoms with Crippen LogP contribution in [0, 0.1) is 5.82 Å². The second kappa shape index (κ2) is 8.32. The molecule has 11 heteroatoms. The number of halogens is 6. The first-order valence-corrected chi connectivity index (χ1v) is 8.52. The van der Waals surface area contributed by atoms with Gasteiger partial charge in [0, 0.05) is 16.7 Å². The quantitative estimate of drug-likeness (QED) is 0.481. The van der Waals surface area contributed by atoms with E-state index in [0.717, 1.165) is 18.0 Å². The van der Waals surface area contributed by atoms with E-state index in [1.807, 2.05) is 0 Å². The molecule has 0 fully saturated rings. The highest BCUT2D eigenvalue weighted by Crippen LogP contribution is 2.37. The van der Waals surface area contributed by atoms with Crippen LogP contribution in [0.3, 0.4) is 0 Å². The Morgan fingerprint density at radius 3 is 2.54 bits per heavy atom. The molecule has 1 heterocycles. The van der Waals surface area contributed by atoms with Crippen LogP contribution >= 0.6 is 35.1 Å². The number of nitrogens with zero attached hydrogens (tertiary/aromatic N) is 1. The molecule has 1 amide bonds. The van der Waals surface area contributed by atoms with Gasteiger partial charge in [0.25, 0.3) is 0 Å². The summed E-state index contributed by atoms with van der Waals surface area (Å²) in [6, 6.07) is 2.82. The van der Waals surface area contributed by atoms with Gasteiger partial charge < -0.3 is 4.74 Å². The molecule has 0 aliphatic rings. The fraction of sp³-hybridized carbons (Fsp3) is 0.200. The highest BCUT2D eigenvalue weighted by atomic mass is 35.5. The molecule has 26 heavy (non-hydrogen) atoms. The van der Waals surface area contributed by atoms with Gasteiger partial charge in [-0.15, -0.1) is 0 Å². The van der Waals surface area contributed by atoms with Gasteiger partial charge >= 0.3 is 12.3 Å². The van der Waals surface area contributed by atoms with Crippen LogP contribution in [0.15, 0.2) is 29.3 Å². The normalized spacial score (nSPS) is 11.3. The van der Waals surface area contributed by atoms with Crippen molar-refractivity contribution in [2.45, 2.75) is 18.0 Å². The van der Waals surface area contributed by atoms with Gasteiger partial charge in [-0.05, 0) is 37.1 Å². The third kappa shape index (κ3) is 4.93. The molecule has 0 unspecified atom stereocenters. The van der Waals surface area contributed by atoms with Crippen molar-refractivity contribution in [1.82, 2.24) is 9.71 Å². The second-order valence-corrected chi connectivity index (χ2v) is 6.40. The molecule has 0 atom stereocenters. The van der Waals surface area contributed by atoms with E-state index in [0.29, 0.717) is 12.3 Å². The summed E-state index contributed by atoms with van der Waals surface area (Å²) in [6.07, 6.45) is -4.80. The molecule has 2 aromatic rings. The number of amides is 1. The fourth-order valence-corrected chi connectivity index (χ4v) is 2.96. The lowest BCUT2D eigenvalue weighted by atomic mass is 10.1. The second-order valence-electron chi connectivity index (χ2n) is 4.74. The zero-order valence-corrected chi connectivity index (χ0v) is 15.3. The predicted octanol–water partition coefficient (Wildman–Crippen LogP) is 5.97. The van der Waals surface area contributed by atoms with Crippen molar-refractivity contribution in [1.29, 1.82) is 0 Å². The molecule has 1 aromatic carbocycles. The summed E-state index contributed by atoms with van der Waals surface area (Å²) in [7, 11) is 0. The van der Waals surface area contributed by atoms with Crippen LogP contribution in [0.2, 0.25) is 10.0 Å². The minimum absolute atomic E-state index is 0.0175. The Labute approximate surface area is 160 Å². The van der Waals surface area contributed by atoms with Gasteiger partial charge in [0.1, 0.15) is 5.82 Å². The number of aromatic nitrogens is 1. The lowest BCUT2D eigenvalue weighted by Crippen LogP contribution is -2.16. The number of hydrogen-bond acceptors (Lipinski definition) is 4. The smallest absolute Gasteiger partial charge is 0.417 e. The molecular formula is C15H10Cl2F4N2O2S. The zero-order chi connectivity index (χ0) is 19.5. The van der Waals surface area contributed by atoms with Crippen LogP contribution < -0.4 is 4.72 Å². The number of carbonyl (C=O) groups is 1. The number of hydrogen-bond donors (Lipinski definition) is 1. The maximum atomic E-state index is 14.2. The summed E-state index contributed by atoms with van der Waals surface area (Å²) in [5, 5.41) is -0.397. The molecule has 4 nitrogen and oxygen atoms in total. The van der Waals surface area contributed by atoms with Gasteiger partial charge in [-0.2, -0.15) is 13.2 Å². The molecule has 0 aliphatic heterocycles. The summed E-state index contributed by atoms with van der Waals surface area (Å²) in [5.74, 6) is -0.829. The molecule has 1 aromatic heterocycles. The molecule has 0 spiro atoms. The van der Waals surface area contributed by atoms with Crippen LogP contribution in [-0.4, -0.2) is 17.7 Å². The van der Waals surface area contributed by atoms with E-state index in [9.17, 15) is 22.4 Å². The lowest BCUT2D eigenvalue weighted by Gasteiger charge is -2.12. The third-order valence-corrected chi connectivity index (χ3v) is 4.50. The Hall–Kier alpha value is -1.71. The van der Waals surface area contributed by atoms with E-state index in [1.54, 1.807) is 6.92 Å². The summed E-state index contributed by atoms with van der Waals surface area (Å²) in [4.78, 5) is 15.2. The molecule has 0 saturated carbocycles. The lowest BCUT2D eigenvalue weighted by molar-refractivity contribution is -0.137. The van der Waals surface area contributed by atoms with Crippen LogP contribution in [0.1, 0.15) is 12.5 Å². The van der Waals surface area contributed by atoms with Crippen LogP contribution in [0.4, 0.5) is 22.4 Å². The maximum Gasteiger partial charge on any atom is 0.417 e. The number of rotatable bonds is 4. The van der Waals surface area contributed by atoms with Crippen LogP contribution in [-0.2, 0) is 10.9 Å². The zero-order valence-electron chi connectivity index (χ0n) is 13.0. The molecule has 1 N–H and O–H groups in total. The van der Waals surface area contributed by atoms with Gasteiger partial charge in [-0.3, -0.25) is 9.71 Å². The monoisotopic (exact) mass is 428 g/mol. The van der Waals surface area contributed by atoms with Gasteiger partial charge in [0.2, 0.25) is 0 Å².